The molecule has 0 saturated carbocycles. The Kier molecular flexibility index (Phi) is 4.81. The second-order valence-corrected chi connectivity index (χ2v) is 8.09. The Hall–Kier alpha value is -2.86. The van der Waals surface area contributed by atoms with Crippen molar-refractivity contribution in [3.63, 3.8) is 0 Å². The molecule has 0 radical (unpaired) electrons. The van der Waals surface area contributed by atoms with Crippen LogP contribution in [-0.4, -0.2) is 0 Å². The molecule has 3 aromatic carbocycles. The summed E-state index contributed by atoms with van der Waals surface area (Å²) in [5, 5.41) is 0. The molecule has 0 aliphatic heterocycles. The number of allylic oxidation sites excluding steroid dienone is 4. The van der Waals surface area contributed by atoms with E-state index in [0.717, 1.165) is 0 Å². The predicted molar refractivity (Wildman–Crippen MR) is 120 cm³/mol. The van der Waals surface area contributed by atoms with Crippen LogP contribution < -0.4 is 0 Å². The fourth-order valence-electron chi connectivity index (χ4n) is 4.58. The summed E-state index contributed by atoms with van der Waals surface area (Å²) in [6, 6.07) is 27.1. The summed E-state index contributed by atoms with van der Waals surface area (Å²) in [5.41, 5.74) is 9.05. The van der Waals surface area contributed by atoms with E-state index in [-0.39, 0.29) is 5.41 Å². The highest BCUT2D eigenvalue weighted by molar-refractivity contribution is 5.62. The van der Waals surface area contributed by atoms with Crippen molar-refractivity contribution in [1.82, 2.24) is 0 Å². The van der Waals surface area contributed by atoms with Gasteiger partial charge in [-0.15, -0.1) is 0 Å². The van der Waals surface area contributed by atoms with Crippen molar-refractivity contribution in [1.29, 1.82) is 0 Å². The van der Waals surface area contributed by atoms with Crippen LogP contribution in [0.1, 0.15) is 53.1 Å². The zero-order valence-corrected chi connectivity index (χ0v) is 17.2. The largest absolute Gasteiger partial charge is 0.0773 e. The summed E-state index contributed by atoms with van der Waals surface area (Å²) < 4.78 is 0. The van der Waals surface area contributed by atoms with Gasteiger partial charge in [-0.1, -0.05) is 115 Å². The molecule has 0 spiro atoms. The second-order valence-electron chi connectivity index (χ2n) is 8.09. The van der Waals surface area contributed by atoms with Crippen molar-refractivity contribution in [2.75, 3.05) is 0 Å². The molecule has 1 aliphatic carbocycles. The van der Waals surface area contributed by atoms with Crippen LogP contribution in [0.3, 0.4) is 0 Å². The molecule has 4 rings (SSSR count). The van der Waals surface area contributed by atoms with E-state index in [1.165, 1.54) is 39.0 Å². The maximum absolute atomic E-state index is 2.32. The number of rotatable bonds is 2. The summed E-state index contributed by atoms with van der Waals surface area (Å²) in [6.07, 6.45) is 6.83. The first-order valence-electron chi connectivity index (χ1n) is 10.1. The molecule has 3 aromatic rings. The smallest absolute Gasteiger partial charge is 0.0664 e. The summed E-state index contributed by atoms with van der Waals surface area (Å²) in [5.74, 6) is 0.371. The molecule has 0 aromatic heterocycles. The summed E-state index contributed by atoms with van der Waals surface area (Å²) >= 11 is 0. The van der Waals surface area contributed by atoms with Crippen LogP contribution in [0.2, 0.25) is 0 Å². The van der Waals surface area contributed by atoms with Crippen molar-refractivity contribution in [3.05, 3.63) is 130 Å². The minimum absolute atomic E-state index is 0.295. The molecule has 0 heteroatoms. The highest BCUT2D eigenvalue weighted by Crippen LogP contribution is 2.48. The normalized spacial score (nSPS) is 21.0. The number of aryl methyl sites for hydroxylation is 2. The lowest BCUT2D eigenvalue weighted by Gasteiger charge is -2.40. The molecule has 0 fully saturated rings. The average molecular weight is 365 g/mol. The van der Waals surface area contributed by atoms with Crippen molar-refractivity contribution >= 4 is 0 Å². The molecular formula is C28H28. The molecule has 1 aliphatic rings. The monoisotopic (exact) mass is 364 g/mol. The highest BCUT2D eigenvalue weighted by Gasteiger charge is 2.40. The molecule has 0 saturated heterocycles. The second kappa shape index (κ2) is 7.28. The number of benzene rings is 3. The van der Waals surface area contributed by atoms with Crippen molar-refractivity contribution in [3.8, 4) is 0 Å². The van der Waals surface area contributed by atoms with E-state index in [9.17, 15) is 0 Å². The molecule has 140 valence electrons. The van der Waals surface area contributed by atoms with Gasteiger partial charge in [0, 0.05) is 0 Å². The lowest BCUT2D eigenvalue weighted by atomic mass is 9.62. The molecular weight excluding hydrogens is 336 g/mol. The van der Waals surface area contributed by atoms with Crippen LogP contribution in [0.15, 0.2) is 96.6 Å². The van der Waals surface area contributed by atoms with E-state index in [4.69, 9.17) is 0 Å². The van der Waals surface area contributed by atoms with Crippen molar-refractivity contribution in [2.24, 2.45) is 0 Å². The highest BCUT2D eigenvalue weighted by atomic mass is 14.4. The number of hydrogen-bond donors (Lipinski definition) is 0. The van der Waals surface area contributed by atoms with Gasteiger partial charge in [-0.2, -0.15) is 0 Å². The first-order valence-corrected chi connectivity index (χ1v) is 10.1. The summed E-state index contributed by atoms with van der Waals surface area (Å²) in [7, 11) is 0. The van der Waals surface area contributed by atoms with Gasteiger partial charge >= 0.3 is 0 Å². The van der Waals surface area contributed by atoms with Crippen LogP contribution in [0, 0.1) is 13.8 Å². The van der Waals surface area contributed by atoms with E-state index in [1.807, 2.05) is 0 Å². The van der Waals surface area contributed by atoms with E-state index in [2.05, 4.69) is 119 Å². The Bertz CT molecular complexity index is 985. The van der Waals surface area contributed by atoms with Gasteiger partial charge in [0.1, 0.15) is 0 Å². The Morgan fingerprint density at radius 3 is 1.79 bits per heavy atom. The first kappa shape index (κ1) is 18.5. The topological polar surface area (TPSA) is 0 Å². The van der Waals surface area contributed by atoms with E-state index >= 15 is 0 Å². The summed E-state index contributed by atoms with van der Waals surface area (Å²) in [6.45, 7) is 8.87. The summed E-state index contributed by atoms with van der Waals surface area (Å²) in [4.78, 5) is 0. The lowest BCUT2D eigenvalue weighted by molar-refractivity contribution is 0.702. The minimum atomic E-state index is -0.295. The van der Waals surface area contributed by atoms with Gasteiger partial charge in [0.2, 0.25) is 0 Å². The zero-order valence-electron chi connectivity index (χ0n) is 17.2. The third-order valence-corrected chi connectivity index (χ3v) is 6.16. The first-order chi connectivity index (χ1) is 13.5. The average Bonchev–Trinajstić information content (AvgIpc) is 2.70. The molecule has 28 heavy (non-hydrogen) atoms. The number of fused-ring (bicyclic) bond motifs is 1. The third-order valence-electron chi connectivity index (χ3n) is 6.16. The molecule has 0 bridgehead atoms. The Balaban J connectivity index is 2.15. The fraction of sp³-hybridized carbons (Fsp3) is 0.214. The SMILES string of the molecule is C/C1=C\C=C/C(C)c2ccccc2C1(c1ccc(C)cc1)c1ccc(C)cc1. The minimum Gasteiger partial charge on any atom is -0.0773 e. The van der Waals surface area contributed by atoms with Crippen molar-refractivity contribution in [2.45, 2.75) is 39.0 Å². The Morgan fingerprint density at radius 1 is 0.679 bits per heavy atom. The van der Waals surface area contributed by atoms with Gasteiger partial charge in [0.15, 0.2) is 0 Å². The third kappa shape index (κ3) is 2.94. The van der Waals surface area contributed by atoms with Gasteiger partial charge in [-0.05, 0) is 48.9 Å². The maximum atomic E-state index is 2.32. The Morgan fingerprint density at radius 2 is 1.21 bits per heavy atom. The number of hydrogen-bond acceptors (Lipinski definition) is 0. The Labute approximate surface area is 169 Å². The van der Waals surface area contributed by atoms with Crippen molar-refractivity contribution < 1.29 is 0 Å². The van der Waals surface area contributed by atoms with Gasteiger partial charge in [0.05, 0.1) is 5.41 Å². The fourth-order valence-corrected chi connectivity index (χ4v) is 4.58. The van der Waals surface area contributed by atoms with E-state index in [0.29, 0.717) is 5.92 Å². The molecule has 0 nitrogen and oxygen atoms in total. The lowest BCUT2D eigenvalue weighted by Crippen LogP contribution is -2.33. The van der Waals surface area contributed by atoms with E-state index in [1.54, 1.807) is 0 Å². The predicted octanol–water partition coefficient (Wildman–Crippen LogP) is 7.26. The maximum Gasteiger partial charge on any atom is 0.0664 e. The van der Waals surface area contributed by atoms with Crippen LogP contribution >= 0.6 is 0 Å². The van der Waals surface area contributed by atoms with Gasteiger partial charge < -0.3 is 0 Å². The van der Waals surface area contributed by atoms with Gasteiger partial charge in [-0.25, -0.2) is 0 Å². The van der Waals surface area contributed by atoms with Gasteiger partial charge in [0.25, 0.3) is 0 Å². The van der Waals surface area contributed by atoms with Crippen LogP contribution in [0.5, 0.6) is 0 Å². The molecule has 0 heterocycles. The zero-order chi connectivity index (χ0) is 19.7. The quantitative estimate of drug-likeness (QED) is 0.449. The van der Waals surface area contributed by atoms with Crippen LogP contribution in [0.25, 0.3) is 0 Å². The standard InChI is InChI=1S/C28H28/c1-20-12-16-24(17-13-20)28(25-18-14-21(2)15-19-25)23(4)9-7-8-22(3)26-10-5-6-11-27(26)28/h5-19,22H,1-4H3/b8-7-,23-9+. The van der Waals surface area contributed by atoms with E-state index < -0.39 is 0 Å². The molecule has 1 atom stereocenters. The molecule has 1 unspecified atom stereocenters. The van der Waals surface area contributed by atoms with Gasteiger partial charge in [-0.3, -0.25) is 0 Å². The molecule has 0 N–H and O–H groups in total. The van der Waals surface area contributed by atoms with Crippen LogP contribution in [-0.2, 0) is 5.41 Å². The van der Waals surface area contributed by atoms with Crippen LogP contribution in [0.4, 0.5) is 0 Å². The molecule has 0 amide bonds.